The molecular formula is C17H31NO5. The average Bonchev–Trinajstić information content (AvgIpc) is 2.55. The summed E-state index contributed by atoms with van der Waals surface area (Å²) in [5.74, 6) is -1.30. The zero-order valence-electron chi connectivity index (χ0n) is 14.8. The molecule has 134 valence electrons. The van der Waals surface area contributed by atoms with Crippen molar-refractivity contribution in [3.63, 3.8) is 0 Å². The Morgan fingerprint density at radius 1 is 0.739 bits per heavy atom. The Labute approximate surface area is 139 Å². The van der Waals surface area contributed by atoms with Crippen molar-refractivity contribution in [1.82, 2.24) is 4.90 Å². The quantitative estimate of drug-likeness (QED) is 0.384. The molecule has 0 fully saturated rings. The summed E-state index contributed by atoms with van der Waals surface area (Å²) >= 11 is 0. The van der Waals surface area contributed by atoms with Gasteiger partial charge in [-0.2, -0.15) is 0 Å². The lowest BCUT2D eigenvalue weighted by Gasteiger charge is -2.20. The number of amides is 1. The van der Waals surface area contributed by atoms with Gasteiger partial charge in [-0.15, -0.1) is 0 Å². The third-order valence-corrected chi connectivity index (χ3v) is 3.69. The van der Waals surface area contributed by atoms with Crippen molar-refractivity contribution in [1.29, 1.82) is 0 Å². The number of carbonyl (C=O) groups excluding carboxylic acids is 3. The van der Waals surface area contributed by atoms with E-state index in [2.05, 4.69) is 16.4 Å². The van der Waals surface area contributed by atoms with E-state index < -0.39 is 11.9 Å². The molecule has 0 aliphatic heterocycles. The third-order valence-electron chi connectivity index (χ3n) is 3.69. The van der Waals surface area contributed by atoms with E-state index >= 15 is 0 Å². The largest absolute Gasteiger partial charge is 0.468 e. The first-order valence-corrected chi connectivity index (χ1v) is 8.46. The van der Waals surface area contributed by atoms with E-state index in [1.54, 1.807) is 0 Å². The summed E-state index contributed by atoms with van der Waals surface area (Å²) in [6.45, 7) is 1.75. The molecule has 0 saturated carbocycles. The van der Waals surface area contributed by atoms with E-state index in [1.165, 1.54) is 51.2 Å². The second kappa shape index (κ2) is 14.0. The van der Waals surface area contributed by atoms with Crippen molar-refractivity contribution >= 4 is 17.8 Å². The molecule has 0 unspecified atom stereocenters. The van der Waals surface area contributed by atoms with Gasteiger partial charge in [-0.05, 0) is 6.42 Å². The number of carbonyl (C=O) groups is 3. The summed E-state index contributed by atoms with van der Waals surface area (Å²) in [6.07, 6.45) is 9.46. The summed E-state index contributed by atoms with van der Waals surface area (Å²) in [4.78, 5) is 36.0. The van der Waals surface area contributed by atoms with Gasteiger partial charge in [0.15, 0.2) is 0 Å². The lowest BCUT2D eigenvalue weighted by molar-refractivity contribution is -0.152. The molecular weight excluding hydrogens is 298 g/mol. The van der Waals surface area contributed by atoms with E-state index in [-0.39, 0.29) is 19.0 Å². The molecule has 0 atom stereocenters. The first-order chi connectivity index (χ1) is 11.0. The lowest BCUT2D eigenvalue weighted by atomic mass is 10.1. The van der Waals surface area contributed by atoms with Gasteiger partial charge in [0.2, 0.25) is 5.91 Å². The molecule has 0 aromatic heterocycles. The summed E-state index contributed by atoms with van der Waals surface area (Å²) in [6, 6.07) is 0. The summed E-state index contributed by atoms with van der Waals surface area (Å²) in [7, 11) is 2.50. The number of unbranched alkanes of at least 4 members (excludes halogenated alkanes) is 7. The second-order valence-corrected chi connectivity index (χ2v) is 5.63. The van der Waals surface area contributed by atoms with Crippen LogP contribution in [0.2, 0.25) is 0 Å². The van der Waals surface area contributed by atoms with Crippen molar-refractivity contribution < 1.29 is 23.9 Å². The molecule has 0 aromatic carbocycles. The highest BCUT2D eigenvalue weighted by atomic mass is 16.5. The maximum atomic E-state index is 12.1. The summed E-state index contributed by atoms with van der Waals surface area (Å²) < 4.78 is 9.10. The highest BCUT2D eigenvalue weighted by Crippen LogP contribution is 2.10. The maximum absolute atomic E-state index is 12.1. The molecule has 23 heavy (non-hydrogen) atoms. The molecule has 0 radical (unpaired) electrons. The van der Waals surface area contributed by atoms with E-state index in [0.717, 1.165) is 19.3 Å². The van der Waals surface area contributed by atoms with E-state index in [9.17, 15) is 14.4 Å². The van der Waals surface area contributed by atoms with Gasteiger partial charge in [0.05, 0.1) is 14.2 Å². The van der Waals surface area contributed by atoms with Crippen LogP contribution in [-0.2, 0) is 23.9 Å². The fourth-order valence-electron chi connectivity index (χ4n) is 2.24. The highest BCUT2D eigenvalue weighted by molar-refractivity contribution is 5.85. The number of ether oxygens (including phenoxy) is 2. The highest BCUT2D eigenvalue weighted by Gasteiger charge is 2.20. The standard InChI is InChI=1S/C17H31NO5/c1-4-5-6-7-8-9-10-11-12-15(19)18(13-16(20)22-2)14-17(21)23-3/h4-14H2,1-3H3. The smallest absolute Gasteiger partial charge is 0.325 e. The van der Waals surface area contributed by atoms with E-state index in [0.29, 0.717) is 6.42 Å². The van der Waals surface area contributed by atoms with Crippen LogP contribution in [0, 0.1) is 0 Å². The van der Waals surface area contributed by atoms with Crippen molar-refractivity contribution in [3.8, 4) is 0 Å². The minimum Gasteiger partial charge on any atom is -0.468 e. The van der Waals surface area contributed by atoms with Crippen LogP contribution in [0.25, 0.3) is 0 Å². The van der Waals surface area contributed by atoms with Gasteiger partial charge in [-0.25, -0.2) is 0 Å². The normalized spacial score (nSPS) is 10.2. The summed E-state index contributed by atoms with van der Waals surface area (Å²) in [5.41, 5.74) is 0. The molecule has 0 rings (SSSR count). The molecule has 0 spiro atoms. The Kier molecular flexibility index (Phi) is 13.1. The molecule has 0 bridgehead atoms. The van der Waals surface area contributed by atoms with Gasteiger partial charge in [-0.3, -0.25) is 14.4 Å². The van der Waals surface area contributed by atoms with Crippen molar-refractivity contribution in [3.05, 3.63) is 0 Å². The molecule has 0 heterocycles. The van der Waals surface area contributed by atoms with Gasteiger partial charge in [0.1, 0.15) is 13.1 Å². The number of rotatable bonds is 13. The van der Waals surface area contributed by atoms with E-state index in [4.69, 9.17) is 0 Å². The van der Waals surface area contributed by atoms with Crippen molar-refractivity contribution in [2.24, 2.45) is 0 Å². The van der Waals surface area contributed by atoms with Crippen LogP contribution in [0.1, 0.15) is 64.7 Å². The van der Waals surface area contributed by atoms with Gasteiger partial charge in [0.25, 0.3) is 0 Å². The zero-order valence-corrected chi connectivity index (χ0v) is 14.8. The van der Waals surface area contributed by atoms with E-state index in [1.807, 2.05) is 0 Å². The second-order valence-electron chi connectivity index (χ2n) is 5.63. The Morgan fingerprint density at radius 2 is 1.17 bits per heavy atom. The predicted octanol–water partition coefficient (Wildman–Crippen LogP) is 2.69. The Hall–Kier alpha value is -1.59. The van der Waals surface area contributed by atoms with Gasteiger partial charge in [0, 0.05) is 6.42 Å². The number of nitrogens with zero attached hydrogens (tertiary/aromatic N) is 1. The molecule has 0 saturated heterocycles. The van der Waals surface area contributed by atoms with Crippen LogP contribution >= 0.6 is 0 Å². The monoisotopic (exact) mass is 329 g/mol. The molecule has 6 nitrogen and oxygen atoms in total. The predicted molar refractivity (Wildman–Crippen MR) is 87.8 cm³/mol. The number of methoxy groups -OCH3 is 2. The fourth-order valence-corrected chi connectivity index (χ4v) is 2.24. The molecule has 6 heteroatoms. The average molecular weight is 329 g/mol. The molecule has 0 aliphatic carbocycles. The van der Waals surface area contributed by atoms with Crippen molar-refractivity contribution in [2.45, 2.75) is 64.7 Å². The molecule has 1 amide bonds. The first kappa shape index (κ1) is 21.4. The Morgan fingerprint density at radius 3 is 1.61 bits per heavy atom. The van der Waals surface area contributed by atoms with Gasteiger partial charge in [-0.1, -0.05) is 51.9 Å². The van der Waals surface area contributed by atoms with Crippen LogP contribution in [0.4, 0.5) is 0 Å². The molecule has 0 aromatic rings. The maximum Gasteiger partial charge on any atom is 0.325 e. The minimum atomic E-state index is -0.543. The van der Waals surface area contributed by atoms with Crippen LogP contribution in [-0.4, -0.2) is 50.1 Å². The van der Waals surface area contributed by atoms with Crippen LogP contribution in [0.3, 0.4) is 0 Å². The zero-order chi connectivity index (χ0) is 17.5. The molecule has 0 aliphatic rings. The first-order valence-electron chi connectivity index (χ1n) is 8.46. The Balaban J connectivity index is 4.03. The fraction of sp³-hybridized carbons (Fsp3) is 0.824. The van der Waals surface area contributed by atoms with Crippen LogP contribution in [0.5, 0.6) is 0 Å². The number of hydrogen-bond acceptors (Lipinski definition) is 5. The lowest BCUT2D eigenvalue weighted by Crippen LogP contribution is -2.40. The topological polar surface area (TPSA) is 72.9 Å². The SMILES string of the molecule is CCCCCCCCCCC(=O)N(CC(=O)OC)CC(=O)OC. The van der Waals surface area contributed by atoms with Gasteiger partial charge >= 0.3 is 11.9 Å². The van der Waals surface area contributed by atoms with Crippen molar-refractivity contribution in [2.75, 3.05) is 27.3 Å². The van der Waals surface area contributed by atoms with Crippen LogP contribution in [0.15, 0.2) is 0 Å². The molecule has 0 N–H and O–H groups in total. The number of esters is 2. The Bertz CT molecular complexity index is 339. The van der Waals surface area contributed by atoms with Crippen LogP contribution < -0.4 is 0 Å². The minimum absolute atomic E-state index is 0.216. The third kappa shape index (κ3) is 11.6. The summed E-state index contributed by atoms with van der Waals surface area (Å²) in [5, 5.41) is 0. The van der Waals surface area contributed by atoms with Gasteiger partial charge < -0.3 is 14.4 Å². The number of hydrogen-bond donors (Lipinski definition) is 0.